The van der Waals surface area contributed by atoms with Crippen LogP contribution in [0.4, 0.5) is 0 Å². The number of aromatic nitrogens is 2. The van der Waals surface area contributed by atoms with Gasteiger partial charge in [0, 0.05) is 12.1 Å². The Kier molecular flexibility index (Phi) is 4.75. The molecule has 0 unspecified atom stereocenters. The maximum Gasteiger partial charge on any atom is 0.141 e. The van der Waals surface area contributed by atoms with E-state index in [1.807, 2.05) is 30.3 Å². The molecule has 0 radical (unpaired) electrons. The summed E-state index contributed by atoms with van der Waals surface area (Å²) in [6.45, 7) is 2.81. The van der Waals surface area contributed by atoms with Gasteiger partial charge in [-0.15, -0.1) is 0 Å². The Hall–Kier alpha value is -1.60. The van der Waals surface area contributed by atoms with Crippen LogP contribution in [0.2, 0.25) is 0 Å². The van der Waals surface area contributed by atoms with E-state index in [2.05, 4.69) is 33.5 Å². The first-order chi connectivity index (χ1) is 9.27. The number of hydrogen-bond donors (Lipinski definition) is 0. The molecule has 4 heteroatoms. The van der Waals surface area contributed by atoms with Gasteiger partial charge in [0.25, 0.3) is 0 Å². The van der Waals surface area contributed by atoms with E-state index in [9.17, 15) is 0 Å². The van der Waals surface area contributed by atoms with E-state index in [1.54, 1.807) is 0 Å². The van der Waals surface area contributed by atoms with Crippen molar-refractivity contribution in [2.75, 3.05) is 0 Å². The summed E-state index contributed by atoms with van der Waals surface area (Å²) in [5.74, 6) is 0.936. The summed E-state index contributed by atoms with van der Waals surface area (Å²) in [6.07, 6.45) is 2.49. The fourth-order valence-electron chi connectivity index (χ4n) is 2.05. The Balaban J connectivity index is 2.46. The van der Waals surface area contributed by atoms with Crippen LogP contribution >= 0.6 is 15.9 Å². The van der Waals surface area contributed by atoms with Crippen molar-refractivity contribution >= 4 is 15.9 Å². The number of hydrogen-bond acceptors (Lipinski definition) is 2. The summed E-state index contributed by atoms with van der Waals surface area (Å²) >= 11 is 3.62. The van der Waals surface area contributed by atoms with Crippen molar-refractivity contribution in [3.8, 4) is 17.5 Å². The van der Waals surface area contributed by atoms with E-state index < -0.39 is 0 Å². The van der Waals surface area contributed by atoms with E-state index in [1.165, 1.54) is 0 Å². The molecule has 0 N–H and O–H groups in total. The summed E-state index contributed by atoms with van der Waals surface area (Å²) < 4.78 is 3.09. The maximum atomic E-state index is 8.79. The first kappa shape index (κ1) is 13.8. The predicted octanol–water partition coefficient (Wildman–Crippen LogP) is 4.18. The molecule has 0 amide bonds. The van der Waals surface area contributed by atoms with Crippen molar-refractivity contribution in [3.63, 3.8) is 0 Å². The molecule has 0 aliphatic rings. The molecule has 98 valence electrons. The molecule has 0 saturated heterocycles. The van der Waals surface area contributed by atoms with E-state index >= 15 is 0 Å². The molecule has 3 nitrogen and oxygen atoms in total. The van der Waals surface area contributed by atoms with Gasteiger partial charge in [-0.05, 0) is 22.4 Å². The zero-order valence-electron chi connectivity index (χ0n) is 10.9. The normalized spacial score (nSPS) is 10.4. The van der Waals surface area contributed by atoms with Crippen molar-refractivity contribution in [1.29, 1.82) is 5.26 Å². The zero-order valence-corrected chi connectivity index (χ0v) is 12.5. The van der Waals surface area contributed by atoms with Crippen LogP contribution in [0, 0.1) is 11.3 Å². The fraction of sp³-hybridized carbons (Fsp3) is 0.333. The average Bonchev–Trinajstić information content (AvgIpc) is 2.75. The lowest BCUT2D eigenvalue weighted by Gasteiger charge is -2.06. The van der Waals surface area contributed by atoms with Crippen LogP contribution in [0.5, 0.6) is 0 Å². The molecule has 1 aromatic heterocycles. The number of halogens is 1. The minimum atomic E-state index is 0.486. The highest BCUT2D eigenvalue weighted by molar-refractivity contribution is 9.10. The summed E-state index contributed by atoms with van der Waals surface area (Å²) in [4.78, 5) is 4.73. The minimum absolute atomic E-state index is 0.486. The standard InChI is InChI=1S/C15H16BrN3/c1-2-7-13-14(16)19(11-6-10-17)15(18-13)12-8-4-3-5-9-12/h3-5,8-9H,2,6-7,11H2,1H3. The van der Waals surface area contributed by atoms with Crippen molar-refractivity contribution in [3.05, 3.63) is 40.6 Å². The molecule has 0 bridgehead atoms. The molecule has 0 fully saturated rings. The number of aryl methyl sites for hydroxylation is 1. The number of nitriles is 1. The molecule has 19 heavy (non-hydrogen) atoms. The van der Waals surface area contributed by atoms with E-state index in [-0.39, 0.29) is 0 Å². The molecule has 0 aliphatic carbocycles. The molecule has 2 rings (SSSR count). The van der Waals surface area contributed by atoms with E-state index in [0.29, 0.717) is 13.0 Å². The Labute approximate surface area is 122 Å². The molecule has 0 atom stereocenters. The van der Waals surface area contributed by atoms with Gasteiger partial charge in [0.15, 0.2) is 0 Å². The fourth-order valence-corrected chi connectivity index (χ4v) is 2.68. The quantitative estimate of drug-likeness (QED) is 0.830. The summed E-state index contributed by atoms with van der Waals surface area (Å²) in [6, 6.07) is 12.3. The molecular formula is C15H16BrN3. The number of nitrogens with zero attached hydrogens (tertiary/aromatic N) is 3. The van der Waals surface area contributed by atoms with Crippen molar-refractivity contribution in [2.45, 2.75) is 32.7 Å². The molecule has 0 saturated carbocycles. The predicted molar refractivity (Wildman–Crippen MR) is 79.6 cm³/mol. The Morgan fingerprint density at radius 3 is 2.68 bits per heavy atom. The topological polar surface area (TPSA) is 41.6 Å². The first-order valence-electron chi connectivity index (χ1n) is 6.45. The maximum absolute atomic E-state index is 8.79. The number of rotatable bonds is 5. The van der Waals surface area contributed by atoms with Crippen LogP contribution in [-0.4, -0.2) is 9.55 Å². The van der Waals surface area contributed by atoms with Gasteiger partial charge in [0.05, 0.1) is 18.2 Å². The molecule has 0 aliphatic heterocycles. The van der Waals surface area contributed by atoms with E-state index in [4.69, 9.17) is 10.2 Å². The lowest BCUT2D eigenvalue weighted by Crippen LogP contribution is -2.00. The highest BCUT2D eigenvalue weighted by Crippen LogP contribution is 2.27. The molecular weight excluding hydrogens is 302 g/mol. The number of imidazole rings is 1. The van der Waals surface area contributed by atoms with Gasteiger partial charge in [0.1, 0.15) is 10.4 Å². The highest BCUT2D eigenvalue weighted by Gasteiger charge is 2.15. The van der Waals surface area contributed by atoms with Crippen LogP contribution in [-0.2, 0) is 13.0 Å². The van der Waals surface area contributed by atoms with Gasteiger partial charge in [-0.3, -0.25) is 0 Å². The average molecular weight is 318 g/mol. The second kappa shape index (κ2) is 6.53. The Bertz CT molecular complexity index is 581. The van der Waals surface area contributed by atoms with Crippen molar-refractivity contribution < 1.29 is 0 Å². The van der Waals surface area contributed by atoms with Gasteiger partial charge in [-0.2, -0.15) is 5.26 Å². The van der Waals surface area contributed by atoms with Crippen LogP contribution in [0.3, 0.4) is 0 Å². The Morgan fingerprint density at radius 1 is 1.32 bits per heavy atom. The van der Waals surface area contributed by atoms with E-state index in [0.717, 1.165) is 34.5 Å². The zero-order chi connectivity index (χ0) is 13.7. The SMILES string of the molecule is CCCc1nc(-c2ccccc2)n(CCC#N)c1Br. The monoisotopic (exact) mass is 317 g/mol. The Morgan fingerprint density at radius 2 is 2.05 bits per heavy atom. The van der Waals surface area contributed by atoms with Crippen molar-refractivity contribution in [2.24, 2.45) is 0 Å². The molecule has 1 heterocycles. The van der Waals surface area contributed by atoms with Gasteiger partial charge in [-0.1, -0.05) is 43.7 Å². The van der Waals surface area contributed by atoms with Crippen LogP contribution in [0.15, 0.2) is 34.9 Å². The highest BCUT2D eigenvalue weighted by atomic mass is 79.9. The van der Waals surface area contributed by atoms with Crippen LogP contribution in [0.1, 0.15) is 25.5 Å². The van der Waals surface area contributed by atoms with Gasteiger partial charge < -0.3 is 4.57 Å². The summed E-state index contributed by atoms with van der Waals surface area (Å²) in [5.41, 5.74) is 2.16. The largest absolute Gasteiger partial charge is 0.317 e. The second-order valence-corrected chi connectivity index (χ2v) is 5.10. The lowest BCUT2D eigenvalue weighted by atomic mass is 10.2. The lowest BCUT2D eigenvalue weighted by molar-refractivity contribution is 0.706. The van der Waals surface area contributed by atoms with Crippen LogP contribution < -0.4 is 0 Å². The molecule has 1 aromatic carbocycles. The third-order valence-corrected chi connectivity index (χ3v) is 3.82. The van der Waals surface area contributed by atoms with Gasteiger partial charge >= 0.3 is 0 Å². The van der Waals surface area contributed by atoms with Crippen LogP contribution in [0.25, 0.3) is 11.4 Å². The third kappa shape index (κ3) is 3.05. The minimum Gasteiger partial charge on any atom is -0.317 e. The summed E-state index contributed by atoms with van der Waals surface area (Å²) in [7, 11) is 0. The summed E-state index contributed by atoms with van der Waals surface area (Å²) in [5, 5.41) is 8.79. The number of benzene rings is 1. The van der Waals surface area contributed by atoms with Gasteiger partial charge in [-0.25, -0.2) is 4.98 Å². The van der Waals surface area contributed by atoms with Crippen molar-refractivity contribution in [1.82, 2.24) is 9.55 Å². The second-order valence-electron chi connectivity index (χ2n) is 4.35. The first-order valence-corrected chi connectivity index (χ1v) is 7.24. The molecule has 2 aromatic rings. The smallest absolute Gasteiger partial charge is 0.141 e. The third-order valence-electron chi connectivity index (χ3n) is 2.94. The van der Waals surface area contributed by atoms with Gasteiger partial charge in [0.2, 0.25) is 0 Å². The molecule has 0 spiro atoms.